The summed E-state index contributed by atoms with van der Waals surface area (Å²) in [6, 6.07) is 3.75. The molecule has 7 nitrogen and oxygen atoms in total. The zero-order valence-electron chi connectivity index (χ0n) is 21.2. The molecule has 1 aromatic rings. The van der Waals surface area contributed by atoms with Gasteiger partial charge in [-0.15, -0.1) is 0 Å². The number of allylic oxidation sites excluding steroid dienone is 1. The third kappa shape index (κ3) is 5.88. The van der Waals surface area contributed by atoms with Gasteiger partial charge in [-0.1, -0.05) is 6.42 Å². The Labute approximate surface area is 212 Å². The SMILES string of the molecule is CN=C/C(=C\N)c1cc2c(cc1C(F)F)NC(C1=C(NC3CCNC3)CCN(C(C)=O)C1)CCCC2. The van der Waals surface area contributed by atoms with Crippen LogP contribution in [0.15, 0.2) is 34.6 Å². The Bertz CT molecular complexity index is 1040. The highest BCUT2D eigenvalue weighted by Gasteiger charge is 2.30. The fourth-order valence-corrected chi connectivity index (χ4v) is 5.53. The molecule has 2 unspecified atom stereocenters. The number of anilines is 1. The number of alkyl halides is 2. The number of aliphatic imine (C=N–C) groups is 1. The fraction of sp³-hybridized carbons (Fsp3) is 0.556. The van der Waals surface area contributed by atoms with Gasteiger partial charge >= 0.3 is 0 Å². The maximum absolute atomic E-state index is 14.2. The topological polar surface area (TPSA) is 94.8 Å². The van der Waals surface area contributed by atoms with E-state index < -0.39 is 6.43 Å². The van der Waals surface area contributed by atoms with E-state index in [1.54, 1.807) is 20.0 Å². The van der Waals surface area contributed by atoms with E-state index in [-0.39, 0.29) is 17.5 Å². The molecule has 2 atom stereocenters. The summed E-state index contributed by atoms with van der Waals surface area (Å²) < 4.78 is 28.4. The minimum absolute atomic E-state index is 0.0406. The molecule has 1 saturated heterocycles. The second-order valence-electron chi connectivity index (χ2n) is 9.88. The number of hydrogen-bond acceptors (Lipinski definition) is 6. The standard InChI is InChI=1S/C27H38F2N6O/c1-17(36)35-10-8-25(33-20-7-9-32-15-20)23(16-35)24-6-4-3-5-18-11-21(19(13-30)14-31-2)22(27(28)29)12-26(18)34-24/h11-14,20,24,27,32-34H,3-10,15-16,30H2,1-2H3/b19-13+,31-14?. The van der Waals surface area contributed by atoms with Crippen molar-refractivity contribution in [3.8, 4) is 0 Å². The van der Waals surface area contributed by atoms with Gasteiger partial charge in [0.1, 0.15) is 0 Å². The highest BCUT2D eigenvalue weighted by Crippen LogP contribution is 2.36. The van der Waals surface area contributed by atoms with Crippen LogP contribution in [0.1, 0.15) is 62.1 Å². The number of carbonyl (C=O) groups excluding carboxylic acids is 1. The average Bonchev–Trinajstić information content (AvgIpc) is 3.36. The van der Waals surface area contributed by atoms with Crippen molar-refractivity contribution in [1.82, 2.24) is 15.5 Å². The molecule has 1 amide bonds. The van der Waals surface area contributed by atoms with Crippen LogP contribution in [0.4, 0.5) is 14.5 Å². The molecule has 4 rings (SSSR count). The Morgan fingerprint density at radius 3 is 2.78 bits per heavy atom. The molecule has 36 heavy (non-hydrogen) atoms. The number of benzene rings is 1. The Hall–Kier alpha value is -2.94. The lowest BCUT2D eigenvalue weighted by Crippen LogP contribution is -2.44. The first-order chi connectivity index (χ1) is 17.4. The van der Waals surface area contributed by atoms with Crippen molar-refractivity contribution in [2.24, 2.45) is 10.7 Å². The molecule has 0 saturated carbocycles. The number of nitrogens with zero attached hydrogens (tertiary/aromatic N) is 2. The molecule has 0 aromatic heterocycles. The Morgan fingerprint density at radius 1 is 1.28 bits per heavy atom. The molecule has 3 aliphatic rings. The zero-order chi connectivity index (χ0) is 25.7. The summed E-state index contributed by atoms with van der Waals surface area (Å²) in [6.07, 6.45) is 5.68. The molecule has 0 spiro atoms. The van der Waals surface area contributed by atoms with Crippen molar-refractivity contribution in [2.75, 3.05) is 38.5 Å². The maximum atomic E-state index is 14.2. The van der Waals surface area contributed by atoms with Crippen LogP contribution < -0.4 is 21.7 Å². The average molecular weight is 501 g/mol. The number of aryl methyl sites for hydroxylation is 1. The summed E-state index contributed by atoms with van der Waals surface area (Å²) in [6.45, 7) is 4.77. The molecular weight excluding hydrogens is 462 g/mol. The summed E-state index contributed by atoms with van der Waals surface area (Å²) in [5.74, 6) is 0.0589. The molecule has 0 radical (unpaired) electrons. The second-order valence-corrected chi connectivity index (χ2v) is 9.88. The molecule has 3 heterocycles. The van der Waals surface area contributed by atoms with E-state index in [1.165, 1.54) is 23.7 Å². The van der Waals surface area contributed by atoms with Crippen molar-refractivity contribution in [3.05, 3.63) is 46.3 Å². The predicted molar refractivity (Wildman–Crippen MR) is 141 cm³/mol. The van der Waals surface area contributed by atoms with E-state index >= 15 is 0 Å². The van der Waals surface area contributed by atoms with Crippen LogP contribution in [0.2, 0.25) is 0 Å². The largest absolute Gasteiger partial charge is 0.404 e. The molecular formula is C27H38F2N6O. The van der Waals surface area contributed by atoms with E-state index in [0.717, 1.165) is 62.9 Å². The number of rotatable bonds is 6. The van der Waals surface area contributed by atoms with E-state index in [0.29, 0.717) is 30.3 Å². The van der Waals surface area contributed by atoms with Crippen LogP contribution in [-0.4, -0.2) is 62.3 Å². The van der Waals surface area contributed by atoms with Gasteiger partial charge in [0.05, 0.1) is 6.04 Å². The van der Waals surface area contributed by atoms with Gasteiger partial charge in [-0.3, -0.25) is 9.79 Å². The molecule has 3 aliphatic heterocycles. The number of carbonyl (C=O) groups is 1. The quantitative estimate of drug-likeness (QED) is 0.448. The van der Waals surface area contributed by atoms with Crippen LogP contribution in [0.25, 0.3) is 5.57 Å². The number of nitrogens with one attached hydrogen (secondary N) is 3. The summed E-state index contributed by atoms with van der Waals surface area (Å²) in [7, 11) is 1.60. The lowest BCUT2D eigenvalue weighted by Gasteiger charge is -2.37. The van der Waals surface area contributed by atoms with Gasteiger partial charge in [0.15, 0.2) is 0 Å². The van der Waals surface area contributed by atoms with Gasteiger partial charge in [0.2, 0.25) is 5.91 Å². The first-order valence-electron chi connectivity index (χ1n) is 12.9. The van der Waals surface area contributed by atoms with Gasteiger partial charge in [-0.05, 0) is 61.1 Å². The van der Waals surface area contributed by atoms with Crippen LogP contribution in [-0.2, 0) is 11.2 Å². The van der Waals surface area contributed by atoms with Crippen molar-refractivity contribution >= 4 is 23.4 Å². The molecule has 0 bridgehead atoms. The number of halogens is 2. The van der Waals surface area contributed by atoms with E-state index in [4.69, 9.17) is 5.73 Å². The van der Waals surface area contributed by atoms with E-state index in [1.807, 2.05) is 11.0 Å². The van der Waals surface area contributed by atoms with Crippen LogP contribution >= 0.6 is 0 Å². The third-order valence-electron chi connectivity index (χ3n) is 7.47. The fourth-order valence-electron chi connectivity index (χ4n) is 5.53. The Kier molecular flexibility index (Phi) is 8.61. The lowest BCUT2D eigenvalue weighted by molar-refractivity contribution is -0.128. The van der Waals surface area contributed by atoms with Crippen LogP contribution in [0.3, 0.4) is 0 Å². The number of nitrogens with two attached hydrogens (primary N) is 1. The highest BCUT2D eigenvalue weighted by atomic mass is 19.3. The first kappa shape index (κ1) is 26.1. The van der Waals surface area contributed by atoms with E-state index in [2.05, 4.69) is 20.9 Å². The number of amides is 1. The van der Waals surface area contributed by atoms with Crippen molar-refractivity contribution in [1.29, 1.82) is 0 Å². The van der Waals surface area contributed by atoms with Crippen LogP contribution in [0, 0.1) is 0 Å². The predicted octanol–water partition coefficient (Wildman–Crippen LogP) is 3.59. The minimum atomic E-state index is -2.65. The highest BCUT2D eigenvalue weighted by molar-refractivity contribution is 6.10. The summed E-state index contributed by atoms with van der Waals surface area (Å²) in [5.41, 5.74) is 10.7. The number of fused-ring (bicyclic) bond motifs is 1. The van der Waals surface area contributed by atoms with Crippen molar-refractivity contribution < 1.29 is 13.6 Å². The zero-order valence-corrected chi connectivity index (χ0v) is 21.2. The van der Waals surface area contributed by atoms with E-state index in [9.17, 15) is 13.6 Å². The van der Waals surface area contributed by atoms with Crippen molar-refractivity contribution in [2.45, 2.75) is 64.0 Å². The Balaban J connectivity index is 1.72. The second kappa shape index (κ2) is 11.9. The maximum Gasteiger partial charge on any atom is 0.264 e. The molecule has 9 heteroatoms. The first-order valence-corrected chi connectivity index (χ1v) is 12.9. The van der Waals surface area contributed by atoms with Gasteiger partial charge in [-0.25, -0.2) is 8.78 Å². The lowest BCUT2D eigenvalue weighted by atomic mass is 9.89. The molecule has 1 aromatic carbocycles. The third-order valence-corrected chi connectivity index (χ3v) is 7.47. The summed E-state index contributed by atoms with van der Waals surface area (Å²) in [4.78, 5) is 18.1. The summed E-state index contributed by atoms with van der Waals surface area (Å²) >= 11 is 0. The van der Waals surface area contributed by atoms with Crippen LogP contribution in [0.5, 0.6) is 0 Å². The molecule has 1 fully saturated rings. The van der Waals surface area contributed by atoms with Gasteiger partial charge < -0.3 is 26.6 Å². The van der Waals surface area contributed by atoms with Gasteiger partial charge in [-0.2, -0.15) is 0 Å². The molecule has 196 valence electrons. The molecule has 0 aliphatic carbocycles. The van der Waals surface area contributed by atoms with Crippen molar-refractivity contribution in [3.63, 3.8) is 0 Å². The normalized spacial score (nSPS) is 23.5. The Morgan fingerprint density at radius 2 is 2.11 bits per heavy atom. The smallest absolute Gasteiger partial charge is 0.264 e. The number of hydrogen-bond donors (Lipinski definition) is 4. The minimum Gasteiger partial charge on any atom is -0.404 e. The molecule has 5 N–H and O–H groups in total. The van der Waals surface area contributed by atoms with Gasteiger partial charge in [0, 0.05) is 81.0 Å². The summed E-state index contributed by atoms with van der Waals surface area (Å²) in [5, 5.41) is 10.8. The monoisotopic (exact) mass is 500 g/mol. The van der Waals surface area contributed by atoms with Gasteiger partial charge in [0.25, 0.3) is 6.43 Å².